The highest BCUT2D eigenvalue weighted by Crippen LogP contribution is 2.32. The van der Waals surface area contributed by atoms with Crippen LogP contribution in [0.15, 0.2) is 77.8 Å². The van der Waals surface area contributed by atoms with Gasteiger partial charge in [0.2, 0.25) is 0 Å². The average molecular weight is 546 g/mol. The smallest absolute Gasteiger partial charge is 0.169 e. The summed E-state index contributed by atoms with van der Waals surface area (Å²) < 4.78 is 34.9. The van der Waals surface area contributed by atoms with Crippen LogP contribution in [0.1, 0.15) is 29.7 Å². The topological polar surface area (TPSA) is 83.4 Å². The van der Waals surface area contributed by atoms with Crippen LogP contribution < -0.4 is 18.9 Å². The van der Waals surface area contributed by atoms with Crippen LogP contribution in [-0.2, 0) is 9.59 Å². The largest absolute Gasteiger partial charge is 0.493 e. The fraction of sp³-hybridized carbons (Fsp3) is 0.219. The molecule has 40 heavy (non-hydrogen) atoms. The molecule has 0 fully saturated rings. The first-order valence-corrected chi connectivity index (χ1v) is 12.5. The number of aliphatic imine (C=N–C) groups is 1. The SMILES string of the molecule is CC=NC(c1ccc(F)cc1)C(C(=O)/C=C/c1ccc(OC)c(OC)c1)C(=O)/C=C/c1ccc(OC)c(OC)c1. The minimum absolute atomic E-state index is 0.432. The monoisotopic (exact) mass is 545 g/mol. The van der Waals surface area contributed by atoms with Crippen LogP contribution in [0.2, 0.25) is 0 Å². The van der Waals surface area contributed by atoms with Crippen LogP contribution in [0.4, 0.5) is 4.39 Å². The molecule has 3 rings (SSSR count). The van der Waals surface area contributed by atoms with Crippen molar-refractivity contribution in [1.29, 1.82) is 0 Å². The lowest BCUT2D eigenvalue weighted by atomic mass is 9.85. The summed E-state index contributed by atoms with van der Waals surface area (Å²) in [7, 11) is 6.11. The Morgan fingerprint density at radius 3 is 1.55 bits per heavy atom. The molecule has 0 aromatic heterocycles. The number of carbonyl (C=O) groups excluding carboxylic acids is 2. The first kappa shape index (κ1) is 29.8. The molecular formula is C32H32FNO6. The zero-order chi connectivity index (χ0) is 29.1. The quantitative estimate of drug-likeness (QED) is 0.145. The molecule has 7 nitrogen and oxygen atoms in total. The Hall–Kier alpha value is -4.72. The summed E-state index contributed by atoms with van der Waals surface area (Å²) in [4.78, 5) is 31.7. The Labute approximate surface area is 233 Å². The maximum Gasteiger partial charge on any atom is 0.169 e. The van der Waals surface area contributed by atoms with Crippen molar-refractivity contribution in [3.63, 3.8) is 0 Å². The van der Waals surface area contributed by atoms with Gasteiger partial charge in [0.15, 0.2) is 34.6 Å². The Balaban J connectivity index is 2.00. The molecule has 0 aliphatic heterocycles. The predicted molar refractivity (Wildman–Crippen MR) is 154 cm³/mol. The summed E-state index contributed by atoms with van der Waals surface area (Å²) in [5.41, 5.74) is 1.89. The maximum atomic E-state index is 13.7. The number of allylic oxidation sites excluding steroid dienone is 2. The van der Waals surface area contributed by atoms with Gasteiger partial charge >= 0.3 is 0 Å². The fourth-order valence-electron chi connectivity index (χ4n) is 4.11. The van der Waals surface area contributed by atoms with Gasteiger partial charge in [0.1, 0.15) is 11.7 Å². The second-order valence-electron chi connectivity index (χ2n) is 8.58. The van der Waals surface area contributed by atoms with Gasteiger partial charge in [-0.05, 0) is 78.4 Å². The Kier molecular flexibility index (Phi) is 10.8. The van der Waals surface area contributed by atoms with Crippen molar-refractivity contribution in [2.75, 3.05) is 28.4 Å². The van der Waals surface area contributed by atoms with E-state index in [-0.39, 0.29) is 0 Å². The second-order valence-corrected chi connectivity index (χ2v) is 8.58. The molecule has 0 aliphatic rings. The molecular weight excluding hydrogens is 513 g/mol. The van der Waals surface area contributed by atoms with Gasteiger partial charge in [-0.25, -0.2) is 4.39 Å². The van der Waals surface area contributed by atoms with Crippen molar-refractivity contribution in [2.24, 2.45) is 10.9 Å². The summed E-state index contributed by atoms with van der Waals surface area (Å²) in [6.45, 7) is 1.70. The number of hydrogen-bond acceptors (Lipinski definition) is 7. The normalized spacial score (nSPS) is 12.3. The molecule has 0 heterocycles. The van der Waals surface area contributed by atoms with Crippen molar-refractivity contribution in [2.45, 2.75) is 13.0 Å². The third-order valence-corrected chi connectivity index (χ3v) is 6.15. The number of methoxy groups -OCH3 is 4. The molecule has 0 aliphatic carbocycles. The summed E-state index contributed by atoms with van der Waals surface area (Å²) in [6, 6.07) is 15.2. The molecule has 208 valence electrons. The highest BCUT2D eigenvalue weighted by Gasteiger charge is 2.33. The van der Waals surface area contributed by atoms with Gasteiger partial charge < -0.3 is 18.9 Å². The molecule has 8 heteroatoms. The summed E-state index contributed by atoms with van der Waals surface area (Å²) in [6.07, 6.45) is 7.41. The Morgan fingerprint density at radius 2 is 1.15 bits per heavy atom. The molecule has 0 spiro atoms. The molecule has 3 aromatic carbocycles. The van der Waals surface area contributed by atoms with E-state index < -0.39 is 29.3 Å². The van der Waals surface area contributed by atoms with Gasteiger partial charge in [-0.15, -0.1) is 0 Å². The maximum absolute atomic E-state index is 13.7. The van der Waals surface area contributed by atoms with E-state index in [2.05, 4.69) is 4.99 Å². The van der Waals surface area contributed by atoms with E-state index in [1.807, 2.05) is 0 Å². The minimum Gasteiger partial charge on any atom is -0.493 e. The highest BCUT2D eigenvalue weighted by atomic mass is 19.1. The number of nitrogens with zero attached hydrogens (tertiary/aromatic N) is 1. The average Bonchev–Trinajstić information content (AvgIpc) is 2.98. The lowest BCUT2D eigenvalue weighted by molar-refractivity contribution is -0.128. The van der Waals surface area contributed by atoms with Crippen molar-refractivity contribution in [1.82, 2.24) is 0 Å². The third kappa shape index (κ3) is 7.44. The highest BCUT2D eigenvalue weighted by molar-refractivity contribution is 6.14. The van der Waals surface area contributed by atoms with Crippen LogP contribution in [0.3, 0.4) is 0 Å². The van der Waals surface area contributed by atoms with Crippen molar-refractivity contribution in [3.8, 4) is 23.0 Å². The van der Waals surface area contributed by atoms with Gasteiger partial charge in [-0.1, -0.05) is 36.4 Å². The predicted octanol–water partition coefficient (Wildman–Crippen LogP) is 6.17. The van der Waals surface area contributed by atoms with E-state index in [1.54, 1.807) is 55.5 Å². The lowest BCUT2D eigenvalue weighted by Gasteiger charge is -2.20. The van der Waals surface area contributed by atoms with Gasteiger partial charge in [0.05, 0.1) is 34.5 Å². The summed E-state index contributed by atoms with van der Waals surface area (Å²) in [5, 5.41) is 0. The number of rotatable bonds is 13. The number of hydrogen-bond donors (Lipinski definition) is 0. The van der Waals surface area contributed by atoms with Crippen LogP contribution in [0, 0.1) is 11.7 Å². The minimum atomic E-state index is -1.20. The van der Waals surface area contributed by atoms with Gasteiger partial charge in [-0.2, -0.15) is 0 Å². The number of ketones is 2. The molecule has 1 atom stereocenters. The summed E-state index contributed by atoms with van der Waals surface area (Å²) >= 11 is 0. The van der Waals surface area contributed by atoms with E-state index in [0.717, 1.165) is 0 Å². The lowest BCUT2D eigenvalue weighted by Crippen LogP contribution is -2.27. The number of carbonyl (C=O) groups is 2. The molecule has 0 saturated carbocycles. The Bertz CT molecular complexity index is 1330. The zero-order valence-corrected chi connectivity index (χ0v) is 23.1. The molecule has 0 radical (unpaired) electrons. The van der Waals surface area contributed by atoms with Gasteiger partial charge in [0.25, 0.3) is 0 Å². The second kappa shape index (κ2) is 14.4. The van der Waals surface area contributed by atoms with E-state index >= 15 is 0 Å². The molecule has 0 amide bonds. The van der Waals surface area contributed by atoms with Crippen molar-refractivity contribution >= 4 is 29.9 Å². The zero-order valence-electron chi connectivity index (χ0n) is 23.1. The summed E-state index contributed by atoms with van der Waals surface area (Å²) in [5.74, 6) is -0.452. The van der Waals surface area contributed by atoms with Crippen LogP contribution in [-0.4, -0.2) is 46.2 Å². The van der Waals surface area contributed by atoms with Crippen LogP contribution in [0.5, 0.6) is 23.0 Å². The third-order valence-electron chi connectivity index (χ3n) is 6.15. The Morgan fingerprint density at radius 1 is 0.700 bits per heavy atom. The number of ether oxygens (including phenoxy) is 4. The van der Waals surface area contributed by atoms with Gasteiger partial charge in [0, 0.05) is 0 Å². The standard InChI is InChI=1S/C32H32FNO6/c1-6-34-32(23-11-13-24(33)14-12-23)31(25(35)15-7-21-9-17-27(37-2)29(19-21)39-4)26(36)16-8-22-10-18-28(38-3)30(20-22)40-5/h6-20,31-32H,1-5H3/b15-7+,16-8+,34-6?. The van der Waals surface area contributed by atoms with Crippen molar-refractivity contribution < 1.29 is 32.9 Å². The van der Waals surface area contributed by atoms with Crippen LogP contribution in [0.25, 0.3) is 12.2 Å². The van der Waals surface area contributed by atoms with Crippen molar-refractivity contribution in [3.05, 3.63) is 95.3 Å². The van der Waals surface area contributed by atoms with Gasteiger partial charge in [-0.3, -0.25) is 14.6 Å². The first-order valence-electron chi connectivity index (χ1n) is 12.5. The number of halogens is 1. The van der Waals surface area contributed by atoms with E-state index in [4.69, 9.17) is 18.9 Å². The molecule has 0 N–H and O–H groups in total. The van der Waals surface area contributed by atoms with Crippen LogP contribution >= 0.6 is 0 Å². The molecule has 0 bridgehead atoms. The number of benzene rings is 3. The first-order chi connectivity index (χ1) is 19.3. The molecule has 0 saturated heterocycles. The molecule has 1 unspecified atom stereocenters. The van der Waals surface area contributed by atoms with E-state index in [9.17, 15) is 14.0 Å². The van der Waals surface area contributed by atoms with E-state index in [0.29, 0.717) is 39.7 Å². The fourth-order valence-corrected chi connectivity index (χ4v) is 4.11. The molecule has 3 aromatic rings. The van der Waals surface area contributed by atoms with E-state index in [1.165, 1.54) is 71.1 Å².